The van der Waals surface area contributed by atoms with Crippen molar-refractivity contribution in [3.63, 3.8) is 0 Å². The molecule has 1 amide bonds. The Hall–Kier alpha value is -2.66. The Morgan fingerprint density at radius 2 is 2.00 bits per heavy atom. The number of hydrogen-bond acceptors (Lipinski definition) is 3. The summed E-state index contributed by atoms with van der Waals surface area (Å²) in [7, 11) is 0. The van der Waals surface area contributed by atoms with Crippen molar-refractivity contribution >= 4 is 41.1 Å². The summed E-state index contributed by atoms with van der Waals surface area (Å²) in [4.78, 5) is 27.0. The van der Waals surface area contributed by atoms with Crippen LogP contribution in [0.5, 0.6) is 0 Å². The van der Waals surface area contributed by atoms with Gasteiger partial charge < -0.3 is 10.4 Å². The van der Waals surface area contributed by atoms with Gasteiger partial charge in [-0.05, 0) is 54.3 Å². The number of carbonyl (C=O) groups excluding carboxylic acids is 1. The molecule has 25 heavy (non-hydrogen) atoms. The largest absolute Gasteiger partial charge is 0.481 e. The van der Waals surface area contributed by atoms with Crippen LogP contribution in [0.25, 0.3) is 0 Å². The number of carboxylic acid groups (broad SMARTS) is 1. The number of carboxylic acids is 1. The lowest BCUT2D eigenvalue weighted by Crippen LogP contribution is -2.12. The van der Waals surface area contributed by atoms with Gasteiger partial charge >= 0.3 is 5.97 Å². The number of aliphatic carboxylic acids is 1. The molecule has 0 aromatic heterocycles. The first-order valence-corrected chi connectivity index (χ1v) is 8.36. The van der Waals surface area contributed by atoms with Crippen LogP contribution < -0.4 is 5.32 Å². The van der Waals surface area contributed by atoms with Crippen molar-refractivity contribution in [3.05, 3.63) is 58.6 Å². The Morgan fingerprint density at radius 3 is 2.72 bits per heavy atom. The van der Waals surface area contributed by atoms with Crippen molar-refractivity contribution < 1.29 is 14.7 Å². The molecule has 1 unspecified atom stereocenters. The highest BCUT2D eigenvalue weighted by atomic mass is 35.5. The van der Waals surface area contributed by atoms with Gasteiger partial charge in [0.1, 0.15) is 5.92 Å². The number of nitrogens with one attached hydrogen (secondary N) is 1. The fourth-order valence-corrected chi connectivity index (χ4v) is 2.94. The number of carbonyl (C=O) groups is 2. The number of aryl methyl sites for hydroxylation is 1. The topological polar surface area (TPSA) is 78.8 Å². The van der Waals surface area contributed by atoms with Gasteiger partial charge in [-0.15, -0.1) is 0 Å². The normalized spacial score (nSPS) is 16.0. The summed E-state index contributed by atoms with van der Waals surface area (Å²) in [5.41, 5.74) is 3.40. The van der Waals surface area contributed by atoms with Gasteiger partial charge in [0.25, 0.3) is 0 Å². The quantitative estimate of drug-likeness (QED) is 0.762. The fourth-order valence-electron chi connectivity index (χ4n) is 2.76. The molecule has 2 aromatic carbocycles. The number of hydrogen-bond donors (Lipinski definition) is 2. The van der Waals surface area contributed by atoms with Gasteiger partial charge in [-0.3, -0.25) is 14.6 Å². The van der Waals surface area contributed by atoms with Gasteiger partial charge in [0, 0.05) is 23.3 Å². The second-order valence-corrected chi connectivity index (χ2v) is 6.33. The third-order valence-corrected chi connectivity index (χ3v) is 4.29. The van der Waals surface area contributed by atoms with Crippen molar-refractivity contribution in [2.75, 3.05) is 5.32 Å². The number of benzene rings is 2. The number of anilines is 1. The molecule has 2 N–H and O–H groups in total. The van der Waals surface area contributed by atoms with Crippen LogP contribution in [-0.4, -0.2) is 23.2 Å². The molecular weight excluding hydrogens is 340 g/mol. The molecular formula is C19H17ClN2O3. The molecule has 0 fully saturated rings. The summed E-state index contributed by atoms with van der Waals surface area (Å²) in [5.74, 6) is -1.35. The molecule has 0 radical (unpaired) electrons. The highest BCUT2D eigenvalue weighted by Gasteiger charge is 2.29. The van der Waals surface area contributed by atoms with E-state index in [4.69, 9.17) is 16.7 Å². The van der Waals surface area contributed by atoms with E-state index < -0.39 is 11.9 Å². The molecule has 0 saturated heterocycles. The van der Waals surface area contributed by atoms with Gasteiger partial charge in [0.15, 0.2) is 0 Å². The maximum absolute atomic E-state index is 12.1. The van der Waals surface area contributed by atoms with E-state index in [1.165, 1.54) is 0 Å². The molecule has 0 aliphatic carbocycles. The van der Waals surface area contributed by atoms with Gasteiger partial charge in [-0.1, -0.05) is 23.7 Å². The molecule has 0 bridgehead atoms. The number of aliphatic imine (C=N–C) groups is 1. The van der Waals surface area contributed by atoms with Crippen LogP contribution in [0.3, 0.4) is 0 Å². The molecule has 2 aromatic rings. The fraction of sp³-hybridized carbons (Fsp3) is 0.211. The van der Waals surface area contributed by atoms with Crippen molar-refractivity contribution in [1.82, 2.24) is 0 Å². The average molecular weight is 357 g/mol. The molecule has 128 valence electrons. The monoisotopic (exact) mass is 356 g/mol. The molecule has 1 heterocycles. The predicted octanol–water partition coefficient (Wildman–Crippen LogP) is 4.19. The Labute approximate surface area is 150 Å². The number of amides is 1. The predicted molar refractivity (Wildman–Crippen MR) is 98.0 cm³/mol. The molecule has 0 spiro atoms. The second kappa shape index (κ2) is 7.49. The first-order valence-electron chi connectivity index (χ1n) is 7.98. The summed E-state index contributed by atoms with van der Waals surface area (Å²) >= 11 is 6.01. The minimum Gasteiger partial charge on any atom is -0.481 e. The Balaban J connectivity index is 1.67. The van der Waals surface area contributed by atoms with Gasteiger partial charge in [0.05, 0.1) is 5.69 Å². The summed E-state index contributed by atoms with van der Waals surface area (Å²) < 4.78 is 0. The van der Waals surface area contributed by atoms with Gasteiger partial charge in [-0.2, -0.15) is 0 Å². The lowest BCUT2D eigenvalue weighted by atomic mass is 10.0. The molecule has 0 saturated carbocycles. The zero-order chi connectivity index (χ0) is 17.8. The summed E-state index contributed by atoms with van der Waals surface area (Å²) in [5, 5.41) is 12.1. The molecule has 5 nitrogen and oxygen atoms in total. The van der Waals surface area contributed by atoms with E-state index in [0.29, 0.717) is 17.9 Å². The first-order chi connectivity index (χ1) is 12.0. The lowest BCUT2D eigenvalue weighted by Gasteiger charge is -2.03. The molecule has 1 atom stereocenters. The Kier molecular flexibility index (Phi) is 5.14. The minimum atomic E-state index is -0.781. The summed E-state index contributed by atoms with van der Waals surface area (Å²) in [6.07, 6.45) is 3.11. The van der Waals surface area contributed by atoms with E-state index in [0.717, 1.165) is 22.5 Å². The van der Waals surface area contributed by atoms with Crippen molar-refractivity contribution in [3.8, 4) is 0 Å². The van der Waals surface area contributed by atoms with E-state index in [1.807, 2.05) is 24.3 Å². The number of halogens is 1. The first kappa shape index (κ1) is 17.2. The average Bonchev–Trinajstić information content (AvgIpc) is 2.88. The maximum atomic E-state index is 12.1. The molecule has 3 rings (SSSR count). The third kappa shape index (κ3) is 4.25. The summed E-state index contributed by atoms with van der Waals surface area (Å²) in [6, 6.07) is 12.9. The minimum absolute atomic E-state index is 0.119. The van der Waals surface area contributed by atoms with Gasteiger partial charge in [0.2, 0.25) is 5.91 Å². The van der Waals surface area contributed by atoms with Crippen LogP contribution in [0, 0.1) is 0 Å². The number of nitrogens with zero attached hydrogens (tertiary/aromatic N) is 1. The number of rotatable bonds is 6. The van der Waals surface area contributed by atoms with E-state index in [1.54, 1.807) is 24.4 Å². The zero-order valence-electron chi connectivity index (χ0n) is 13.4. The Bertz CT molecular complexity index is 831. The third-order valence-electron chi connectivity index (χ3n) is 4.05. The van der Waals surface area contributed by atoms with Crippen LogP contribution in [0.15, 0.2) is 47.5 Å². The zero-order valence-corrected chi connectivity index (χ0v) is 14.2. The highest BCUT2D eigenvalue weighted by Crippen LogP contribution is 2.33. The van der Waals surface area contributed by atoms with Crippen molar-refractivity contribution in [2.24, 2.45) is 4.99 Å². The molecule has 1 aliphatic rings. The second-order valence-electron chi connectivity index (χ2n) is 5.89. The van der Waals surface area contributed by atoms with Crippen molar-refractivity contribution in [2.45, 2.75) is 25.2 Å². The van der Waals surface area contributed by atoms with Crippen LogP contribution in [-0.2, 0) is 16.0 Å². The van der Waals surface area contributed by atoms with E-state index in [9.17, 15) is 9.59 Å². The Morgan fingerprint density at radius 1 is 1.24 bits per heavy atom. The van der Waals surface area contributed by atoms with Crippen molar-refractivity contribution in [1.29, 1.82) is 0 Å². The van der Waals surface area contributed by atoms with E-state index in [-0.39, 0.29) is 12.3 Å². The van der Waals surface area contributed by atoms with Crippen LogP contribution >= 0.6 is 11.6 Å². The summed E-state index contributed by atoms with van der Waals surface area (Å²) in [6.45, 7) is 0. The molecule has 6 heteroatoms. The lowest BCUT2D eigenvalue weighted by molar-refractivity contribution is -0.137. The van der Waals surface area contributed by atoms with E-state index >= 15 is 0 Å². The van der Waals surface area contributed by atoms with Crippen LogP contribution in [0.2, 0.25) is 5.02 Å². The number of fused-ring (bicyclic) bond motifs is 1. The standard InChI is InChI=1S/C19H17ClN2O3/c20-13-6-9-17-15(10-13)16(19(25)22-17)11-21-14-7-4-12(5-8-14)2-1-3-18(23)24/h4-11,16H,1-3H2,(H,22,25)(H,23,24). The van der Waals surface area contributed by atoms with Crippen LogP contribution in [0.4, 0.5) is 11.4 Å². The van der Waals surface area contributed by atoms with E-state index in [2.05, 4.69) is 10.3 Å². The van der Waals surface area contributed by atoms with Gasteiger partial charge in [-0.25, -0.2) is 0 Å². The smallest absolute Gasteiger partial charge is 0.303 e. The maximum Gasteiger partial charge on any atom is 0.303 e. The highest BCUT2D eigenvalue weighted by molar-refractivity contribution is 6.31. The van der Waals surface area contributed by atoms with Crippen LogP contribution in [0.1, 0.15) is 29.9 Å². The SMILES string of the molecule is O=C(O)CCCc1ccc(N=CC2C(=O)Nc3ccc(Cl)cc32)cc1. The molecule has 1 aliphatic heterocycles.